The van der Waals surface area contributed by atoms with Crippen molar-refractivity contribution < 1.29 is 203 Å². The molecule has 566 valence electrons. The second-order valence-corrected chi connectivity index (χ2v) is 25.3. The van der Waals surface area contributed by atoms with E-state index >= 15 is 0 Å². The van der Waals surface area contributed by atoms with Crippen LogP contribution in [0.3, 0.4) is 0 Å². The monoisotopic (exact) mass is 1430 g/mol. The fourth-order valence-electron chi connectivity index (χ4n) is 12.9. The van der Waals surface area contributed by atoms with Crippen molar-refractivity contribution in [2.24, 2.45) is 11.5 Å². The SMILES string of the molecule is CC1OC(OC2C(N)[C@H](OC3C(O)[C@H](O[C@H]4C(CO)O[C@@H](O)C(O)C4O)OC(CO)[C@@H]3O)OC(CO)[C@@H]2O[C@@H]2OC(CO)[C@H](O)C(O[C@@H]3OC(CO)[C@H](O[C@@H]4OC(CO)[C@H](O)C(O)C4O[C@@H]4O[C@H](C)C(O)C(O)C4O)C(OC4OC(C)[C@@H](O)C(O)C4O)C3N)C2O)C(O)C(O)[C@@H]1O. The zero-order valence-corrected chi connectivity index (χ0v) is 52.1. The van der Waals surface area contributed by atoms with Gasteiger partial charge in [-0.2, -0.15) is 0 Å². The molecule has 29 unspecified atom stereocenters. The zero-order valence-electron chi connectivity index (χ0n) is 52.1. The molecule has 0 bridgehead atoms. The Morgan fingerprint density at radius 3 is 0.856 bits per heavy atom. The van der Waals surface area contributed by atoms with E-state index in [0.29, 0.717) is 0 Å². The van der Waals surface area contributed by atoms with Crippen LogP contribution < -0.4 is 11.5 Å². The molecular weight excluding hydrogens is 1330 g/mol. The standard InChI is InChI=1S/C54H94N2O41/c1-10-21(63)27(69)33(75)49(81-10)93-41-19(55)47(95-43-25(67)14(5-58)85-52(36(43)78)90-38-16(7-60)84-46(80)32(74)31(38)73)88-17(8-61)39(41)91-53-37(79)44(26(68)15(6-59)86-53)96-48-20(56)42(94-50-34(76)28(70)22(64)11(2)82-50)40(18(9-62)89-48)92-54-45(30(72)24(66)13(4-57)87-54)97-51-35(77)29(71)23(65)12(3)83-51/h10-54,57-80H,4-9,55-56H2,1-3H3/t10?,11?,12-,13?,14?,15?,16?,17?,18?,19?,20?,21-,22-,23?,24+,25+,26+,27?,28?,29?,30?,31?,32?,33?,34?,35?,36?,37?,38+,39+,40+,41?,42?,43?,44?,45?,46-,47+,48+,49?,50?,51+,52+,53+,54+/m1/s1. The lowest BCUT2D eigenvalue weighted by Gasteiger charge is -2.52. The van der Waals surface area contributed by atoms with E-state index in [4.69, 9.17) is 92.0 Å². The third-order valence-electron chi connectivity index (χ3n) is 18.8. The van der Waals surface area contributed by atoms with Crippen LogP contribution in [0.5, 0.6) is 0 Å². The summed E-state index contributed by atoms with van der Waals surface area (Å²) in [6, 6.07) is -3.85. The molecule has 0 aliphatic carbocycles. The average molecular weight is 1430 g/mol. The van der Waals surface area contributed by atoms with E-state index < -0.39 is 316 Å². The van der Waals surface area contributed by atoms with E-state index in [1.54, 1.807) is 0 Å². The lowest BCUT2D eigenvalue weighted by atomic mass is 9.93. The van der Waals surface area contributed by atoms with Gasteiger partial charge in [0, 0.05) is 0 Å². The van der Waals surface area contributed by atoms with E-state index in [0.717, 1.165) is 0 Å². The first-order valence-electron chi connectivity index (χ1n) is 31.4. The van der Waals surface area contributed by atoms with E-state index in [1.165, 1.54) is 20.8 Å². The molecule has 9 aliphatic heterocycles. The summed E-state index contributed by atoms with van der Waals surface area (Å²) in [6.45, 7) is -2.55. The molecular formula is C54H94N2O41. The summed E-state index contributed by atoms with van der Waals surface area (Å²) < 4.78 is 100. The quantitative estimate of drug-likeness (QED) is 0.0479. The molecule has 0 spiro atoms. The molecule has 9 aliphatic rings. The van der Waals surface area contributed by atoms with Crippen LogP contribution in [-0.4, -0.2) is 438 Å². The number of ether oxygens (including phenoxy) is 17. The van der Waals surface area contributed by atoms with Crippen molar-refractivity contribution in [1.82, 2.24) is 0 Å². The molecule has 43 nitrogen and oxygen atoms in total. The maximum atomic E-state index is 12.3. The van der Waals surface area contributed by atoms with E-state index in [-0.39, 0.29) is 0 Å². The Morgan fingerprint density at radius 2 is 0.485 bits per heavy atom. The maximum absolute atomic E-state index is 12.3. The van der Waals surface area contributed by atoms with Crippen LogP contribution in [-0.2, 0) is 80.5 Å². The van der Waals surface area contributed by atoms with E-state index in [1.807, 2.05) is 0 Å². The van der Waals surface area contributed by atoms with Crippen LogP contribution in [0, 0.1) is 0 Å². The molecule has 0 aromatic rings. The smallest absolute Gasteiger partial charge is 0.187 e. The van der Waals surface area contributed by atoms with Gasteiger partial charge in [0.2, 0.25) is 0 Å². The predicted octanol–water partition coefficient (Wildman–Crippen LogP) is -17.6. The summed E-state index contributed by atoms with van der Waals surface area (Å²) in [7, 11) is 0. The molecule has 9 saturated heterocycles. The highest BCUT2D eigenvalue weighted by Gasteiger charge is 2.61. The van der Waals surface area contributed by atoms with Crippen LogP contribution in [0.4, 0.5) is 0 Å². The van der Waals surface area contributed by atoms with Gasteiger partial charge in [0.1, 0.15) is 189 Å². The third kappa shape index (κ3) is 16.2. The normalized spacial score (nSPS) is 55.0. The second kappa shape index (κ2) is 33.6. The number of hydrogen-bond acceptors (Lipinski definition) is 43. The van der Waals surface area contributed by atoms with Crippen molar-refractivity contribution in [2.45, 2.75) is 297 Å². The summed E-state index contributed by atoms with van der Waals surface area (Å²) in [5, 5.41) is 262. The first-order chi connectivity index (χ1) is 45.9. The highest BCUT2D eigenvalue weighted by Crippen LogP contribution is 2.40. The first-order valence-corrected chi connectivity index (χ1v) is 31.4. The molecule has 0 aromatic heterocycles. The van der Waals surface area contributed by atoms with E-state index in [9.17, 15) is 123 Å². The number of rotatable bonds is 22. The van der Waals surface area contributed by atoms with Gasteiger partial charge in [0.25, 0.3) is 0 Å². The summed E-state index contributed by atoms with van der Waals surface area (Å²) in [5.74, 6) is 0. The minimum Gasteiger partial charge on any atom is -0.394 e. The molecule has 9 rings (SSSR count). The van der Waals surface area contributed by atoms with Crippen LogP contribution in [0.2, 0.25) is 0 Å². The fraction of sp³-hybridized carbons (Fsp3) is 1.00. The predicted molar refractivity (Wildman–Crippen MR) is 297 cm³/mol. The molecule has 0 radical (unpaired) electrons. The number of aliphatic hydroxyl groups is 24. The van der Waals surface area contributed by atoms with Crippen molar-refractivity contribution in [3.8, 4) is 0 Å². The molecule has 9 heterocycles. The third-order valence-corrected chi connectivity index (χ3v) is 18.8. The highest BCUT2D eigenvalue weighted by molar-refractivity contribution is 5.04. The molecule has 0 saturated carbocycles. The van der Waals surface area contributed by atoms with Crippen molar-refractivity contribution in [2.75, 3.05) is 39.6 Å². The average Bonchev–Trinajstić information content (AvgIpc) is 0.770. The molecule has 0 amide bonds. The number of aliphatic hydroxyl groups excluding tert-OH is 24. The molecule has 97 heavy (non-hydrogen) atoms. The fourth-order valence-corrected chi connectivity index (χ4v) is 12.9. The Balaban J connectivity index is 1.00. The van der Waals surface area contributed by atoms with Crippen LogP contribution >= 0.6 is 0 Å². The van der Waals surface area contributed by atoms with Gasteiger partial charge in [-0.3, -0.25) is 0 Å². The summed E-state index contributed by atoms with van der Waals surface area (Å²) in [6.07, 6.45) is -82.8. The molecule has 45 atom stereocenters. The highest BCUT2D eigenvalue weighted by atomic mass is 16.8. The maximum Gasteiger partial charge on any atom is 0.187 e. The number of hydrogen-bond donors (Lipinski definition) is 26. The van der Waals surface area contributed by atoms with Gasteiger partial charge in [-0.1, -0.05) is 0 Å². The summed E-state index contributed by atoms with van der Waals surface area (Å²) >= 11 is 0. The van der Waals surface area contributed by atoms with Gasteiger partial charge < -0.3 is 215 Å². The topological polar surface area (TPSA) is 694 Å². The Morgan fingerprint density at radius 1 is 0.216 bits per heavy atom. The number of nitrogens with two attached hydrogens (primary N) is 2. The lowest BCUT2D eigenvalue weighted by molar-refractivity contribution is -0.403. The van der Waals surface area contributed by atoms with Crippen LogP contribution in [0.15, 0.2) is 0 Å². The zero-order chi connectivity index (χ0) is 71.2. The van der Waals surface area contributed by atoms with Gasteiger partial charge in [-0.15, -0.1) is 0 Å². The van der Waals surface area contributed by atoms with Gasteiger partial charge >= 0.3 is 0 Å². The van der Waals surface area contributed by atoms with Crippen molar-refractivity contribution in [1.29, 1.82) is 0 Å². The van der Waals surface area contributed by atoms with Gasteiger partial charge in [-0.25, -0.2) is 0 Å². The Labute approximate surface area is 550 Å². The minimum absolute atomic E-state index is 0.938. The second-order valence-electron chi connectivity index (χ2n) is 25.3. The van der Waals surface area contributed by atoms with Gasteiger partial charge in [-0.05, 0) is 20.8 Å². The van der Waals surface area contributed by atoms with Crippen molar-refractivity contribution in [3.63, 3.8) is 0 Å². The minimum atomic E-state index is -2.37. The van der Waals surface area contributed by atoms with E-state index in [2.05, 4.69) is 0 Å². The molecule has 0 aromatic carbocycles. The lowest BCUT2D eigenvalue weighted by Crippen LogP contribution is -2.71. The molecule has 43 heteroatoms. The van der Waals surface area contributed by atoms with Crippen molar-refractivity contribution >= 4 is 0 Å². The Bertz CT molecular complexity index is 2410. The van der Waals surface area contributed by atoms with Crippen molar-refractivity contribution in [3.05, 3.63) is 0 Å². The molecule has 28 N–H and O–H groups in total. The van der Waals surface area contributed by atoms with Gasteiger partial charge in [0.05, 0.1) is 70.0 Å². The van der Waals surface area contributed by atoms with Crippen LogP contribution in [0.1, 0.15) is 20.8 Å². The first kappa shape index (κ1) is 79.4. The van der Waals surface area contributed by atoms with Gasteiger partial charge in [0.15, 0.2) is 56.6 Å². The summed E-state index contributed by atoms with van der Waals surface area (Å²) in [5.41, 5.74) is 13.7. The van der Waals surface area contributed by atoms with Crippen LogP contribution in [0.25, 0.3) is 0 Å². The Hall–Kier alpha value is -1.72. The largest absolute Gasteiger partial charge is 0.394 e. The molecule has 9 fully saturated rings. The Kier molecular flexibility index (Phi) is 27.5. The summed E-state index contributed by atoms with van der Waals surface area (Å²) in [4.78, 5) is 0.